The van der Waals surface area contributed by atoms with E-state index in [9.17, 15) is 4.79 Å². The van der Waals surface area contributed by atoms with Gasteiger partial charge in [0, 0.05) is 22.5 Å². The molecule has 4 heteroatoms. The van der Waals surface area contributed by atoms with Crippen molar-refractivity contribution in [2.24, 2.45) is 0 Å². The number of nitrogens with one attached hydrogen (secondary N) is 2. The number of aromatic amines is 1. The SMILES string of the molecule is O=C1Nc2cc(Cl)ccc2/C1=C\c1ccc[nH]1. The van der Waals surface area contributed by atoms with Crippen molar-refractivity contribution in [2.75, 3.05) is 5.32 Å². The average Bonchev–Trinajstić information content (AvgIpc) is 2.88. The Bertz CT molecular complexity index is 614. The zero-order valence-corrected chi connectivity index (χ0v) is 9.58. The minimum absolute atomic E-state index is 0.100. The van der Waals surface area contributed by atoms with Gasteiger partial charge in [-0.2, -0.15) is 0 Å². The van der Waals surface area contributed by atoms with Crippen LogP contribution in [0.4, 0.5) is 5.69 Å². The third-order valence-corrected chi connectivity index (χ3v) is 2.92. The molecule has 2 heterocycles. The van der Waals surface area contributed by atoms with Crippen LogP contribution in [-0.2, 0) is 4.79 Å². The number of carbonyl (C=O) groups excluding carboxylic acids is 1. The van der Waals surface area contributed by atoms with Crippen molar-refractivity contribution in [3.8, 4) is 0 Å². The van der Waals surface area contributed by atoms with E-state index in [0.717, 1.165) is 16.9 Å². The van der Waals surface area contributed by atoms with E-state index in [2.05, 4.69) is 10.3 Å². The molecule has 84 valence electrons. The van der Waals surface area contributed by atoms with Crippen molar-refractivity contribution < 1.29 is 4.79 Å². The van der Waals surface area contributed by atoms with Crippen molar-refractivity contribution in [3.05, 3.63) is 52.8 Å². The summed E-state index contributed by atoms with van der Waals surface area (Å²) < 4.78 is 0. The van der Waals surface area contributed by atoms with E-state index >= 15 is 0 Å². The molecule has 2 aromatic rings. The molecule has 17 heavy (non-hydrogen) atoms. The van der Waals surface area contributed by atoms with E-state index in [1.807, 2.05) is 30.5 Å². The fraction of sp³-hybridized carbons (Fsp3) is 0. The molecule has 1 aliphatic heterocycles. The van der Waals surface area contributed by atoms with Crippen LogP contribution in [0, 0.1) is 0 Å². The Morgan fingerprint density at radius 2 is 2.12 bits per heavy atom. The van der Waals surface area contributed by atoms with Crippen LogP contribution in [0.3, 0.4) is 0 Å². The highest BCUT2D eigenvalue weighted by atomic mass is 35.5. The molecule has 0 atom stereocenters. The summed E-state index contributed by atoms with van der Waals surface area (Å²) in [6.07, 6.45) is 3.65. The molecule has 1 aliphatic rings. The van der Waals surface area contributed by atoms with Gasteiger partial charge in [-0.05, 0) is 30.3 Å². The Morgan fingerprint density at radius 1 is 1.24 bits per heavy atom. The van der Waals surface area contributed by atoms with Crippen LogP contribution in [0.15, 0.2) is 36.5 Å². The molecule has 0 aliphatic carbocycles. The number of hydrogen-bond acceptors (Lipinski definition) is 1. The number of carbonyl (C=O) groups is 1. The molecule has 0 saturated heterocycles. The van der Waals surface area contributed by atoms with Crippen LogP contribution >= 0.6 is 11.6 Å². The quantitative estimate of drug-likeness (QED) is 0.744. The summed E-state index contributed by atoms with van der Waals surface area (Å²) in [5.41, 5.74) is 3.20. The van der Waals surface area contributed by atoms with E-state index in [-0.39, 0.29) is 5.91 Å². The Labute approximate surface area is 103 Å². The molecule has 0 spiro atoms. The zero-order chi connectivity index (χ0) is 11.8. The second-order valence-electron chi connectivity index (χ2n) is 3.83. The first-order valence-corrected chi connectivity index (χ1v) is 5.58. The predicted octanol–water partition coefficient (Wildman–Crippen LogP) is 3.16. The second kappa shape index (κ2) is 3.79. The number of H-pyrrole nitrogens is 1. The first-order chi connectivity index (χ1) is 8.24. The van der Waals surface area contributed by atoms with Crippen molar-refractivity contribution in [1.29, 1.82) is 0 Å². The Balaban J connectivity index is 2.11. The monoisotopic (exact) mass is 244 g/mol. The molecule has 3 rings (SSSR count). The third kappa shape index (κ3) is 1.74. The number of rotatable bonds is 1. The smallest absolute Gasteiger partial charge is 0.256 e. The van der Waals surface area contributed by atoms with Gasteiger partial charge in [0.1, 0.15) is 0 Å². The number of halogens is 1. The number of hydrogen-bond donors (Lipinski definition) is 2. The summed E-state index contributed by atoms with van der Waals surface area (Å²) in [5.74, 6) is -0.100. The van der Waals surface area contributed by atoms with Crippen molar-refractivity contribution in [2.45, 2.75) is 0 Å². The maximum atomic E-state index is 11.8. The average molecular weight is 245 g/mol. The molecular formula is C13H9ClN2O. The standard InChI is InChI=1S/C13H9ClN2O/c14-8-3-4-10-11(7-9-2-1-5-15-9)13(17)16-12(10)6-8/h1-7,15H,(H,16,17)/b11-7+. The van der Waals surface area contributed by atoms with Crippen LogP contribution in [0.25, 0.3) is 11.6 Å². The topological polar surface area (TPSA) is 44.9 Å². The van der Waals surface area contributed by atoms with Gasteiger partial charge in [-0.25, -0.2) is 0 Å². The van der Waals surface area contributed by atoms with Crippen LogP contribution in [-0.4, -0.2) is 10.9 Å². The van der Waals surface area contributed by atoms with Crippen LogP contribution in [0.1, 0.15) is 11.3 Å². The third-order valence-electron chi connectivity index (χ3n) is 2.69. The number of aromatic nitrogens is 1. The lowest BCUT2D eigenvalue weighted by atomic mass is 10.1. The predicted molar refractivity (Wildman–Crippen MR) is 68.7 cm³/mol. The minimum atomic E-state index is -0.100. The van der Waals surface area contributed by atoms with Crippen LogP contribution in [0.5, 0.6) is 0 Å². The number of anilines is 1. The molecule has 0 unspecified atom stereocenters. The highest BCUT2D eigenvalue weighted by molar-refractivity contribution is 6.36. The van der Waals surface area contributed by atoms with Crippen molar-refractivity contribution in [1.82, 2.24) is 4.98 Å². The molecule has 3 nitrogen and oxygen atoms in total. The summed E-state index contributed by atoms with van der Waals surface area (Å²) in [5, 5.41) is 3.41. The maximum Gasteiger partial charge on any atom is 0.256 e. The molecule has 0 bridgehead atoms. The normalized spacial score (nSPS) is 16.1. The number of fused-ring (bicyclic) bond motifs is 1. The highest BCUT2D eigenvalue weighted by Gasteiger charge is 2.23. The van der Waals surface area contributed by atoms with Gasteiger partial charge >= 0.3 is 0 Å². The molecular weight excluding hydrogens is 236 g/mol. The number of amides is 1. The fourth-order valence-corrected chi connectivity index (χ4v) is 2.07. The summed E-state index contributed by atoms with van der Waals surface area (Å²) in [4.78, 5) is 14.9. The molecule has 0 radical (unpaired) electrons. The van der Waals surface area contributed by atoms with E-state index in [0.29, 0.717) is 10.6 Å². The second-order valence-corrected chi connectivity index (χ2v) is 4.26. The van der Waals surface area contributed by atoms with Crippen molar-refractivity contribution in [3.63, 3.8) is 0 Å². The fourth-order valence-electron chi connectivity index (χ4n) is 1.90. The van der Waals surface area contributed by atoms with E-state index in [1.165, 1.54) is 0 Å². The molecule has 1 aromatic heterocycles. The lowest BCUT2D eigenvalue weighted by molar-refractivity contribution is -0.110. The zero-order valence-electron chi connectivity index (χ0n) is 8.83. The summed E-state index contributed by atoms with van der Waals surface area (Å²) in [6, 6.07) is 9.19. The summed E-state index contributed by atoms with van der Waals surface area (Å²) in [6.45, 7) is 0. The van der Waals surface area contributed by atoms with Crippen LogP contribution in [0.2, 0.25) is 5.02 Å². The molecule has 0 saturated carbocycles. The van der Waals surface area contributed by atoms with E-state index < -0.39 is 0 Å². The largest absolute Gasteiger partial charge is 0.362 e. The molecule has 2 N–H and O–H groups in total. The summed E-state index contributed by atoms with van der Waals surface area (Å²) in [7, 11) is 0. The van der Waals surface area contributed by atoms with E-state index in [4.69, 9.17) is 11.6 Å². The van der Waals surface area contributed by atoms with Crippen LogP contribution < -0.4 is 5.32 Å². The van der Waals surface area contributed by atoms with Gasteiger partial charge in [0.15, 0.2) is 0 Å². The Morgan fingerprint density at radius 3 is 2.88 bits per heavy atom. The van der Waals surface area contributed by atoms with E-state index in [1.54, 1.807) is 12.1 Å². The molecule has 1 amide bonds. The lowest BCUT2D eigenvalue weighted by Gasteiger charge is -1.98. The van der Waals surface area contributed by atoms with Gasteiger partial charge in [0.2, 0.25) is 0 Å². The van der Waals surface area contributed by atoms with Gasteiger partial charge in [-0.15, -0.1) is 0 Å². The van der Waals surface area contributed by atoms with Crippen molar-refractivity contribution >= 4 is 34.8 Å². The highest BCUT2D eigenvalue weighted by Crippen LogP contribution is 2.34. The lowest BCUT2D eigenvalue weighted by Crippen LogP contribution is -2.03. The first-order valence-electron chi connectivity index (χ1n) is 5.20. The number of benzene rings is 1. The molecule has 1 aromatic carbocycles. The molecule has 0 fully saturated rings. The first kappa shape index (κ1) is 10.2. The van der Waals surface area contributed by atoms with Gasteiger partial charge in [-0.1, -0.05) is 17.7 Å². The summed E-state index contributed by atoms with van der Waals surface area (Å²) >= 11 is 5.88. The minimum Gasteiger partial charge on any atom is -0.362 e. The Hall–Kier alpha value is -2.00. The van der Waals surface area contributed by atoms with Gasteiger partial charge in [-0.3, -0.25) is 4.79 Å². The maximum absolute atomic E-state index is 11.8. The van der Waals surface area contributed by atoms with Gasteiger partial charge in [0.05, 0.1) is 11.3 Å². The van der Waals surface area contributed by atoms with Gasteiger partial charge < -0.3 is 10.3 Å². The Kier molecular flexibility index (Phi) is 2.27. The van der Waals surface area contributed by atoms with Gasteiger partial charge in [0.25, 0.3) is 5.91 Å².